The van der Waals surface area contributed by atoms with E-state index in [1.54, 1.807) is 30.3 Å². The molecule has 2 N–H and O–H groups in total. The number of piperidine rings is 1. The third-order valence-electron chi connectivity index (χ3n) is 5.69. The second kappa shape index (κ2) is 9.16. The fourth-order valence-corrected chi connectivity index (χ4v) is 3.94. The van der Waals surface area contributed by atoms with Gasteiger partial charge < -0.3 is 15.4 Å². The average Bonchev–Trinajstić information content (AvgIpc) is 2.79. The lowest BCUT2D eigenvalue weighted by molar-refractivity contribution is -0.137. The molecule has 168 valence electrons. The molecule has 1 aliphatic rings. The number of nitrogens with zero attached hydrogens (tertiary/aromatic N) is 1. The van der Waals surface area contributed by atoms with Crippen molar-refractivity contribution >= 4 is 28.2 Å². The van der Waals surface area contributed by atoms with Crippen molar-refractivity contribution in [3.05, 3.63) is 65.9 Å². The fraction of sp³-hybridized carbons (Fsp3) is 0.333. The molecule has 5 nitrogen and oxygen atoms in total. The van der Waals surface area contributed by atoms with Crippen LogP contribution in [0.3, 0.4) is 0 Å². The summed E-state index contributed by atoms with van der Waals surface area (Å²) in [5.41, 5.74) is 0.859. The van der Waals surface area contributed by atoms with Crippen molar-refractivity contribution in [1.82, 2.24) is 10.3 Å². The Morgan fingerprint density at radius 1 is 1.16 bits per heavy atom. The fourth-order valence-electron chi connectivity index (χ4n) is 3.94. The van der Waals surface area contributed by atoms with Gasteiger partial charge in [0.05, 0.1) is 22.3 Å². The maximum atomic E-state index is 13.0. The molecule has 2 aromatic carbocycles. The Morgan fingerprint density at radius 2 is 1.97 bits per heavy atom. The Hall–Kier alpha value is -3.13. The Labute approximate surface area is 184 Å². The molecule has 1 saturated heterocycles. The van der Waals surface area contributed by atoms with Crippen LogP contribution < -0.4 is 10.6 Å². The Kier molecular flexibility index (Phi) is 6.32. The van der Waals surface area contributed by atoms with E-state index in [-0.39, 0.29) is 17.7 Å². The first-order valence-corrected chi connectivity index (χ1v) is 10.6. The van der Waals surface area contributed by atoms with Crippen LogP contribution >= 0.6 is 0 Å². The maximum Gasteiger partial charge on any atom is 0.416 e. The SMILES string of the molecule is CC(OC(=O)c1ccccc1Nc1ccnc2cc(C(F)(F)F)ccc12)C1CCCCN1. The van der Waals surface area contributed by atoms with Crippen LogP contribution in [0.25, 0.3) is 10.9 Å². The van der Waals surface area contributed by atoms with Crippen LogP contribution in [0.4, 0.5) is 24.5 Å². The van der Waals surface area contributed by atoms with Gasteiger partial charge in [0, 0.05) is 23.3 Å². The predicted octanol–water partition coefficient (Wildman–Crippen LogP) is 5.68. The molecule has 32 heavy (non-hydrogen) atoms. The molecule has 0 bridgehead atoms. The summed E-state index contributed by atoms with van der Waals surface area (Å²) in [6, 6.07) is 12.1. The van der Waals surface area contributed by atoms with E-state index < -0.39 is 17.7 Å². The number of para-hydroxylation sites is 1. The topological polar surface area (TPSA) is 63.2 Å². The van der Waals surface area contributed by atoms with Crippen molar-refractivity contribution in [3.63, 3.8) is 0 Å². The van der Waals surface area contributed by atoms with Gasteiger partial charge >= 0.3 is 12.1 Å². The van der Waals surface area contributed by atoms with Gasteiger partial charge in [-0.3, -0.25) is 4.98 Å². The normalized spacial score (nSPS) is 17.7. The minimum atomic E-state index is -4.44. The number of carbonyl (C=O) groups excluding carboxylic acids is 1. The molecule has 0 radical (unpaired) electrons. The molecule has 4 rings (SSSR count). The Morgan fingerprint density at radius 3 is 2.72 bits per heavy atom. The van der Waals surface area contributed by atoms with Crippen molar-refractivity contribution in [1.29, 1.82) is 0 Å². The zero-order chi connectivity index (χ0) is 22.7. The monoisotopic (exact) mass is 443 g/mol. The van der Waals surface area contributed by atoms with E-state index in [0.29, 0.717) is 22.3 Å². The number of carbonyl (C=O) groups is 1. The molecule has 2 unspecified atom stereocenters. The molecule has 1 aromatic heterocycles. The van der Waals surface area contributed by atoms with Gasteiger partial charge in [0.2, 0.25) is 0 Å². The highest BCUT2D eigenvalue weighted by atomic mass is 19.4. The Bertz CT molecular complexity index is 1110. The van der Waals surface area contributed by atoms with Crippen molar-refractivity contribution < 1.29 is 22.7 Å². The molecular formula is C24H24F3N3O2. The minimum absolute atomic E-state index is 0.125. The number of alkyl halides is 3. The molecule has 0 amide bonds. The number of fused-ring (bicyclic) bond motifs is 1. The lowest BCUT2D eigenvalue weighted by atomic mass is 10.0. The summed E-state index contributed by atoms with van der Waals surface area (Å²) in [5.74, 6) is -0.453. The molecule has 2 heterocycles. The number of benzene rings is 2. The summed E-state index contributed by atoms with van der Waals surface area (Å²) in [7, 11) is 0. The van der Waals surface area contributed by atoms with Gasteiger partial charge in [0.25, 0.3) is 0 Å². The zero-order valence-corrected chi connectivity index (χ0v) is 17.6. The standard InChI is InChI=1S/C24H24F3N3O2/c1-15(19-7-4-5-12-28-19)32-23(31)18-6-2-3-8-20(18)30-21-11-13-29-22-14-16(24(25,26)27)9-10-17(21)22/h2-3,6,8-11,13-15,19,28H,4-5,7,12H2,1H3,(H,29,30). The number of rotatable bonds is 5. The first kappa shape index (κ1) is 22.1. The smallest absolute Gasteiger partial charge is 0.416 e. The van der Waals surface area contributed by atoms with Gasteiger partial charge in [-0.15, -0.1) is 0 Å². The molecule has 1 aliphatic heterocycles. The number of aromatic nitrogens is 1. The van der Waals surface area contributed by atoms with E-state index in [9.17, 15) is 18.0 Å². The Balaban J connectivity index is 1.58. The average molecular weight is 443 g/mol. The summed E-state index contributed by atoms with van der Waals surface area (Å²) < 4.78 is 44.8. The second-order valence-corrected chi connectivity index (χ2v) is 7.93. The maximum absolute atomic E-state index is 13.0. The number of pyridine rings is 1. The summed E-state index contributed by atoms with van der Waals surface area (Å²) in [6.07, 6.45) is -0.116. The van der Waals surface area contributed by atoms with Crippen molar-refractivity contribution in [2.75, 3.05) is 11.9 Å². The molecule has 0 aliphatic carbocycles. The summed E-state index contributed by atoms with van der Waals surface area (Å²) >= 11 is 0. The zero-order valence-electron chi connectivity index (χ0n) is 17.6. The van der Waals surface area contributed by atoms with E-state index in [1.807, 2.05) is 6.92 Å². The summed E-state index contributed by atoms with van der Waals surface area (Å²) in [5, 5.41) is 7.07. The molecular weight excluding hydrogens is 419 g/mol. The van der Waals surface area contributed by atoms with Gasteiger partial charge in [-0.2, -0.15) is 13.2 Å². The number of esters is 1. The van der Waals surface area contributed by atoms with Crippen LogP contribution in [0.15, 0.2) is 54.7 Å². The number of ether oxygens (including phenoxy) is 1. The number of nitrogens with one attached hydrogen (secondary N) is 2. The molecule has 2 atom stereocenters. The van der Waals surface area contributed by atoms with Gasteiger partial charge in [0.15, 0.2) is 0 Å². The highest BCUT2D eigenvalue weighted by molar-refractivity contribution is 5.99. The van der Waals surface area contributed by atoms with Crippen LogP contribution in [0.2, 0.25) is 0 Å². The van der Waals surface area contributed by atoms with Gasteiger partial charge in [-0.25, -0.2) is 4.79 Å². The van der Waals surface area contributed by atoms with E-state index in [1.165, 1.54) is 12.3 Å². The largest absolute Gasteiger partial charge is 0.457 e. The van der Waals surface area contributed by atoms with Crippen LogP contribution in [0.1, 0.15) is 42.1 Å². The van der Waals surface area contributed by atoms with Gasteiger partial charge in [-0.05, 0) is 56.6 Å². The minimum Gasteiger partial charge on any atom is -0.457 e. The summed E-state index contributed by atoms with van der Waals surface area (Å²) in [4.78, 5) is 17.0. The van der Waals surface area contributed by atoms with Crippen LogP contribution in [0, 0.1) is 0 Å². The predicted molar refractivity (Wildman–Crippen MR) is 117 cm³/mol. The molecule has 8 heteroatoms. The van der Waals surface area contributed by atoms with Crippen molar-refractivity contribution in [2.24, 2.45) is 0 Å². The number of hydrogen-bond acceptors (Lipinski definition) is 5. The first-order chi connectivity index (χ1) is 15.3. The van der Waals surface area contributed by atoms with Crippen LogP contribution in [-0.2, 0) is 10.9 Å². The number of anilines is 2. The van der Waals surface area contributed by atoms with E-state index in [4.69, 9.17) is 4.74 Å². The van der Waals surface area contributed by atoms with Gasteiger partial charge in [0.1, 0.15) is 6.10 Å². The third kappa shape index (κ3) is 4.85. The number of halogens is 3. The quantitative estimate of drug-likeness (QED) is 0.497. The van der Waals surface area contributed by atoms with Crippen molar-refractivity contribution in [2.45, 2.75) is 44.5 Å². The van der Waals surface area contributed by atoms with E-state index >= 15 is 0 Å². The highest BCUT2D eigenvalue weighted by Crippen LogP contribution is 2.34. The third-order valence-corrected chi connectivity index (χ3v) is 5.69. The number of hydrogen-bond donors (Lipinski definition) is 2. The van der Waals surface area contributed by atoms with E-state index in [0.717, 1.165) is 37.9 Å². The molecule has 0 spiro atoms. The van der Waals surface area contributed by atoms with Gasteiger partial charge in [-0.1, -0.05) is 24.6 Å². The lowest BCUT2D eigenvalue weighted by Gasteiger charge is -2.28. The first-order valence-electron chi connectivity index (χ1n) is 10.6. The van der Waals surface area contributed by atoms with Crippen LogP contribution in [0.5, 0.6) is 0 Å². The molecule has 1 fully saturated rings. The van der Waals surface area contributed by atoms with Crippen molar-refractivity contribution in [3.8, 4) is 0 Å². The van der Waals surface area contributed by atoms with E-state index in [2.05, 4.69) is 15.6 Å². The second-order valence-electron chi connectivity index (χ2n) is 7.93. The lowest BCUT2D eigenvalue weighted by Crippen LogP contribution is -2.43. The van der Waals surface area contributed by atoms with Crippen LogP contribution in [-0.4, -0.2) is 29.6 Å². The molecule has 0 saturated carbocycles. The molecule has 3 aromatic rings. The summed E-state index contributed by atoms with van der Waals surface area (Å²) in [6.45, 7) is 2.79. The highest BCUT2D eigenvalue weighted by Gasteiger charge is 2.30.